The van der Waals surface area contributed by atoms with Gasteiger partial charge in [0.05, 0.1) is 6.20 Å². The molecular formula is C18H27NO3Si. The Labute approximate surface area is 140 Å². The monoisotopic (exact) mass is 333 g/mol. The van der Waals surface area contributed by atoms with Crippen LogP contribution in [0.5, 0.6) is 5.75 Å². The molecule has 4 nitrogen and oxygen atoms in total. The molecule has 0 unspecified atom stereocenters. The van der Waals surface area contributed by atoms with E-state index in [9.17, 15) is 4.79 Å². The summed E-state index contributed by atoms with van der Waals surface area (Å²) < 4.78 is 5.08. The van der Waals surface area contributed by atoms with Crippen molar-refractivity contribution < 1.29 is 14.6 Å². The highest BCUT2D eigenvalue weighted by molar-refractivity contribution is 6.90. The van der Waals surface area contributed by atoms with E-state index in [2.05, 4.69) is 58.0 Å². The SMILES string of the molecule is CC(C)[Si](C#Cc1ccc(OCC(=O)O)cn1)(C(C)C)C(C)C. The van der Waals surface area contributed by atoms with Crippen LogP contribution in [0.15, 0.2) is 18.3 Å². The predicted molar refractivity (Wildman–Crippen MR) is 95.3 cm³/mol. The fourth-order valence-corrected chi connectivity index (χ4v) is 8.50. The van der Waals surface area contributed by atoms with E-state index in [-0.39, 0.29) is 6.61 Å². The van der Waals surface area contributed by atoms with E-state index >= 15 is 0 Å². The Bertz CT molecular complexity index is 561. The van der Waals surface area contributed by atoms with Gasteiger partial charge in [0.15, 0.2) is 6.61 Å². The van der Waals surface area contributed by atoms with Gasteiger partial charge >= 0.3 is 5.97 Å². The third-order valence-electron chi connectivity index (χ3n) is 4.37. The van der Waals surface area contributed by atoms with Gasteiger partial charge in [-0.25, -0.2) is 9.78 Å². The van der Waals surface area contributed by atoms with Crippen molar-refractivity contribution in [2.24, 2.45) is 0 Å². The van der Waals surface area contributed by atoms with Crippen molar-refractivity contribution in [3.05, 3.63) is 24.0 Å². The summed E-state index contributed by atoms with van der Waals surface area (Å²) in [6.45, 7) is 13.3. The van der Waals surface area contributed by atoms with E-state index < -0.39 is 14.0 Å². The summed E-state index contributed by atoms with van der Waals surface area (Å²) in [6.07, 6.45) is 1.52. The number of rotatable bonds is 6. The maximum Gasteiger partial charge on any atom is 0.341 e. The van der Waals surface area contributed by atoms with E-state index in [1.807, 2.05) is 0 Å². The summed E-state index contributed by atoms with van der Waals surface area (Å²) in [5, 5.41) is 8.60. The highest BCUT2D eigenvalue weighted by Crippen LogP contribution is 2.40. The van der Waals surface area contributed by atoms with Gasteiger partial charge in [-0.3, -0.25) is 0 Å². The van der Waals surface area contributed by atoms with Crippen molar-refractivity contribution in [1.29, 1.82) is 0 Å². The van der Waals surface area contributed by atoms with E-state index in [0.717, 1.165) is 0 Å². The van der Waals surface area contributed by atoms with Gasteiger partial charge in [0.2, 0.25) is 0 Å². The summed E-state index contributed by atoms with van der Waals surface area (Å²) in [7, 11) is -1.76. The molecule has 0 radical (unpaired) electrons. The van der Waals surface area contributed by atoms with Crippen LogP contribution < -0.4 is 4.74 Å². The summed E-state index contributed by atoms with van der Waals surface area (Å²) in [5.41, 5.74) is 6.04. The lowest BCUT2D eigenvalue weighted by molar-refractivity contribution is -0.139. The van der Waals surface area contributed by atoms with Gasteiger partial charge in [-0.15, -0.1) is 5.54 Å². The Kier molecular flexibility index (Phi) is 6.83. The fourth-order valence-electron chi connectivity index (χ4n) is 3.29. The van der Waals surface area contributed by atoms with Crippen molar-refractivity contribution in [3.8, 4) is 17.2 Å². The standard InChI is InChI=1S/C18H27NO3Si/c1-13(2)23(14(3)4,15(5)6)10-9-16-7-8-17(11-19-16)22-12-18(20)21/h7-8,11,13-15H,12H2,1-6H3,(H,20,21). The maximum absolute atomic E-state index is 10.5. The van der Waals surface area contributed by atoms with E-state index in [1.165, 1.54) is 6.20 Å². The van der Waals surface area contributed by atoms with Gasteiger partial charge in [-0.05, 0) is 28.8 Å². The maximum atomic E-state index is 10.5. The molecule has 0 aliphatic heterocycles. The first kappa shape index (κ1) is 19.2. The smallest absolute Gasteiger partial charge is 0.341 e. The number of carboxylic acids is 1. The number of nitrogens with zero attached hydrogens (tertiary/aromatic N) is 1. The summed E-state index contributed by atoms with van der Waals surface area (Å²) in [6, 6.07) is 3.49. The van der Waals surface area contributed by atoms with Crippen molar-refractivity contribution in [3.63, 3.8) is 0 Å². The van der Waals surface area contributed by atoms with Crippen LogP contribution in [-0.2, 0) is 4.79 Å². The molecule has 1 aromatic heterocycles. The second kappa shape index (κ2) is 8.16. The minimum atomic E-state index is -1.76. The largest absolute Gasteiger partial charge is 0.480 e. The number of carboxylic acid groups (broad SMARTS) is 1. The minimum absolute atomic E-state index is 0.364. The molecule has 0 amide bonds. The van der Waals surface area contributed by atoms with Gasteiger partial charge in [0.25, 0.3) is 0 Å². The Hall–Kier alpha value is -1.80. The quantitative estimate of drug-likeness (QED) is 0.628. The van der Waals surface area contributed by atoms with Crippen LogP contribution in [-0.4, -0.2) is 30.7 Å². The number of aliphatic carboxylic acids is 1. The second-order valence-electron chi connectivity index (χ2n) is 6.71. The van der Waals surface area contributed by atoms with Crippen LogP contribution in [0.3, 0.4) is 0 Å². The van der Waals surface area contributed by atoms with Gasteiger partial charge in [0, 0.05) is 0 Å². The lowest BCUT2D eigenvalue weighted by atomic mass is 10.3. The molecule has 1 heterocycles. The first-order valence-corrected chi connectivity index (χ1v) is 10.3. The van der Waals surface area contributed by atoms with Crippen molar-refractivity contribution in [1.82, 2.24) is 4.98 Å². The molecule has 1 rings (SSSR count). The highest BCUT2D eigenvalue weighted by atomic mass is 28.3. The molecule has 0 saturated heterocycles. The third kappa shape index (κ3) is 4.83. The van der Waals surface area contributed by atoms with Crippen LogP contribution >= 0.6 is 0 Å². The zero-order chi connectivity index (χ0) is 17.6. The number of aromatic nitrogens is 1. The Morgan fingerprint density at radius 1 is 1.17 bits per heavy atom. The number of carbonyl (C=O) groups is 1. The van der Waals surface area contributed by atoms with E-state index in [0.29, 0.717) is 28.1 Å². The number of hydrogen-bond acceptors (Lipinski definition) is 3. The molecule has 0 spiro atoms. The molecule has 23 heavy (non-hydrogen) atoms. The van der Waals surface area contributed by atoms with Crippen molar-refractivity contribution in [2.45, 2.75) is 58.2 Å². The lowest BCUT2D eigenvalue weighted by Gasteiger charge is -2.38. The van der Waals surface area contributed by atoms with Gasteiger partial charge in [-0.2, -0.15) is 0 Å². The normalized spacial score (nSPS) is 11.5. The third-order valence-corrected chi connectivity index (χ3v) is 10.7. The highest BCUT2D eigenvalue weighted by Gasteiger charge is 2.41. The molecule has 0 fully saturated rings. The molecule has 5 heteroatoms. The van der Waals surface area contributed by atoms with Crippen LogP contribution in [0.4, 0.5) is 0 Å². The average Bonchev–Trinajstić information content (AvgIpc) is 2.45. The molecule has 0 bridgehead atoms. The van der Waals surface area contributed by atoms with Gasteiger partial charge in [0.1, 0.15) is 19.5 Å². The zero-order valence-electron chi connectivity index (χ0n) is 14.9. The number of pyridine rings is 1. The number of hydrogen-bond donors (Lipinski definition) is 1. The predicted octanol–water partition coefficient (Wildman–Crippen LogP) is 4.11. The summed E-state index contributed by atoms with van der Waals surface area (Å²) in [4.78, 5) is 14.7. The van der Waals surface area contributed by atoms with Gasteiger partial charge in [-0.1, -0.05) is 47.5 Å². The lowest BCUT2D eigenvalue weighted by Crippen LogP contribution is -2.43. The Morgan fingerprint density at radius 2 is 1.74 bits per heavy atom. The van der Waals surface area contributed by atoms with Gasteiger partial charge < -0.3 is 9.84 Å². The van der Waals surface area contributed by atoms with Crippen molar-refractivity contribution >= 4 is 14.0 Å². The minimum Gasteiger partial charge on any atom is -0.480 e. The topological polar surface area (TPSA) is 59.4 Å². The van der Waals surface area contributed by atoms with E-state index in [4.69, 9.17) is 9.84 Å². The molecule has 0 aliphatic rings. The zero-order valence-corrected chi connectivity index (χ0v) is 15.9. The first-order chi connectivity index (χ1) is 10.7. The summed E-state index contributed by atoms with van der Waals surface area (Å²) >= 11 is 0. The van der Waals surface area contributed by atoms with Crippen LogP contribution in [0.1, 0.15) is 47.2 Å². The molecule has 0 atom stereocenters. The Balaban J connectivity index is 3.01. The van der Waals surface area contributed by atoms with Crippen molar-refractivity contribution in [2.75, 3.05) is 6.61 Å². The molecule has 1 aromatic rings. The molecule has 0 aromatic carbocycles. The average molecular weight is 334 g/mol. The van der Waals surface area contributed by atoms with E-state index in [1.54, 1.807) is 12.1 Å². The fraction of sp³-hybridized carbons (Fsp3) is 0.556. The van der Waals surface area contributed by atoms with Crippen LogP contribution in [0.25, 0.3) is 0 Å². The second-order valence-corrected chi connectivity index (χ2v) is 12.3. The molecule has 0 saturated carbocycles. The molecular weight excluding hydrogens is 306 g/mol. The van der Waals surface area contributed by atoms with Crippen LogP contribution in [0.2, 0.25) is 16.6 Å². The molecule has 126 valence electrons. The summed E-state index contributed by atoms with van der Waals surface area (Å²) in [5.74, 6) is 2.69. The first-order valence-electron chi connectivity index (χ1n) is 8.04. The molecule has 0 aliphatic carbocycles. The van der Waals surface area contributed by atoms with Crippen LogP contribution in [0, 0.1) is 11.5 Å². The molecule has 1 N–H and O–H groups in total. The number of ether oxygens (including phenoxy) is 1. The Morgan fingerprint density at radius 3 is 2.13 bits per heavy atom.